The number of alkyl halides is 1. The van der Waals surface area contributed by atoms with E-state index in [4.69, 9.17) is 0 Å². The molecule has 0 spiro atoms. The topological polar surface area (TPSA) is 29.1 Å². The fourth-order valence-electron chi connectivity index (χ4n) is 2.52. The Morgan fingerprint density at radius 2 is 1.88 bits per heavy atom. The average Bonchev–Trinajstić information content (AvgIpc) is 2.37. The van der Waals surface area contributed by atoms with Crippen molar-refractivity contribution >= 4 is 21.8 Å². The summed E-state index contributed by atoms with van der Waals surface area (Å²) in [5.74, 6) is 1.08. The molecule has 100 valence electrons. The molecule has 1 rings (SSSR count). The molecule has 0 aliphatic heterocycles. The molecular weight excluding hydrogens is 278 g/mol. The van der Waals surface area contributed by atoms with Crippen LogP contribution in [0.25, 0.3) is 0 Å². The Bertz CT molecular complexity index is 202. The van der Waals surface area contributed by atoms with Gasteiger partial charge >= 0.3 is 0 Å². The summed E-state index contributed by atoms with van der Waals surface area (Å²) in [5, 5.41) is 4.10. The van der Waals surface area contributed by atoms with E-state index in [1.54, 1.807) is 0 Å². The van der Waals surface area contributed by atoms with Gasteiger partial charge in [0, 0.05) is 18.3 Å². The highest BCUT2D eigenvalue weighted by Gasteiger charge is 2.14. The summed E-state index contributed by atoms with van der Waals surface area (Å²) >= 11 is 3.41. The first kappa shape index (κ1) is 15.0. The summed E-state index contributed by atoms with van der Waals surface area (Å²) in [7, 11) is 0. The van der Waals surface area contributed by atoms with Crippen molar-refractivity contribution in [3.8, 4) is 0 Å². The summed E-state index contributed by atoms with van der Waals surface area (Å²) < 4.78 is 0. The molecule has 1 aliphatic carbocycles. The number of rotatable bonds is 8. The Labute approximate surface area is 114 Å². The first-order chi connectivity index (χ1) is 8.33. The number of carbonyl (C=O) groups is 1. The number of hydrogen-bond donors (Lipinski definition) is 1. The van der Waals surface area contributed by atoms with Crippen LogP contribution in [0, 0.1) is 5.92 Å². The lowest BCUT2D eigenvalue weighted by Gasteiger charge is -2.20. The van der Waals surface area contributed by atoms with Crippen molar-refractivity contribution in [2.75, 3.05) is 11.9 Å². The van der Waals surface area contributed by atoms with E-state index in [1.807, 2.05) is 0 Å². The molecule has 0 aromatic rings. The Morgan fingerprint density at radius 1 is 1.12 bits per heavy atom. The highest BCUT2D eigenvalue weighted by molar-refractivity contribution is 9.09. The predicted molar refractivity (Wildman–Crippen MR) is 76.5 cm³/mol. The zero-order valence-corrected chi connectivity index (χ0v) is 12.4. The van der Waals surface area contributed by atoms with Crippen molar-refractivity contribution in [1.29, 1.82) is 0 Å². The summed E-state index contributed by atoms with van der Waals surface area (Å²) in [4.78, 5) is 11.6. The minimum absolute atomic E-state index is 0.259. The van der Waals surface area contributed by atoms with Gasteiger partial charge in [0.05, 0.1) is 0 Å². The maximum Gasteiger partial charge on any atom is 0.220 e. The van der Waals surface area contributed by atoms with Crippen molar-refractivity contribution in [3.63, 3.8) is 0 Å². The molecule has 3 heteroatoms. The first-order valence-corrected chi connectivity index (χ1v) is 8.27. The van der Waals surface area contributed by atoms with Crippen LogP contribution in [0.5, 0.6) is 0 Å². The van der Waals surface area contributed by atoms with E-state index in [9.17, 15) is 4.79 Å². The Kier molecular flexibility index (Phi) is 8.76. The van der Waals surface area contributed by atoms with Crippen molar-refractivity contribution in [2.45, 2.75) is 64.2 Å². The largest absolute Gasteiger partial charge is 0.356 e. The summed E-state index contributed by atoms with van der Waals surface area (Å²) in [6.45, 7) is 0.858. The summed E-state index contributed by atoms with van der Waals surface area (Å²) in [6, 6.07) is 0. The fourth-order valence-corrected chi connectivity index (χ4v) is 2.92. The van der Waals surface area contributed by atoms with Crippen LogP contribution < -0.4 is 5.32 Å². The molecule has 0 unspecified atom stereocenters. The second kappa shape index (κ2) is 9.93. The van der Waals surface area contributed by atoms with Crippen molar-refractivity contribution in [1.82, 2.24) is 5.32 Å². The second-order valence-corrected chi connectivity index (χ2v) is 5.94. The third-order valence-electron chi connectivity index (χ3n) is 3.64. The number of nitrogens with one attached hydrogen (secondary N) is 1. The Balaban J connectivity index is 1.93. The SMILES string of the molecule is O=C(CCC1CCCCC1)NCCCCCBr. The van der Waals surface area contributed by atoms with Crippen LogP contribution in [-0.4, -0.2) is 17.8 Å². The molecule has 1 aliphatic rings. The molecule has 0 aromatic heterocycles. The standard InChI is InChI=1S/C14H26BrNO/c15-11-5-2-6-12-16-14(17)10-9-13-7-3-1-4-8-13/h13H,1-12H2,(H,16,17). The van der Waals surface area contributed by atoms with Gasteiger partial charge in [-0.05, 0) is 25.2 Å². The number of unbranched alkanes of at least 4 members (excludes halogenated alkanes) is 2. The van der Waals surface area contributed by atoms with E-state index in [0.717, 1.165) is 37.1 Å². The third-order valence-corrected chi connectivity index (χ3v) is 4.20. The molecule has 2 nitrogen and oxygen atoms in total. The molecule has 0 bridgehead atoms. The number of hydrogen-bond acceptors (Lipinski definition) is 1. The molecule has 0 heterocycles. The average molecular weight is 304 g/mol. The van der Waals surface area contributed by atoms with Crippen molar-refractivity contribution in [3.05, 3.63) is 0 Å². The van der Waals surface area contributed by atoms with Crippen LogP contribution in [-0.2, 0) is 4.79 Å². The van der Waals surface area contributed by atoms with Gasteiger partial charge < -0.3 is 5.32 Å². The molecule has 0 atom stereocenters. The minimum atomic E-state index is 0.259. The van der Waals surface area contributed by atoms with E-state index in [2.05, 4.69) is 21.2 Å². The predicted octanol–water partition coefficient (Wildman–Crippen LogP) is 4.03. The zero-order chi connectivity index (χ0) is 12.3. The van der Waals surface area contributed by atoms with Crippen LogP contribution in [0.15, 0.2) is 0 Å². The van der Waals surface area contributed by atoms with Gasteiger partial charge in [-0.15, -0.1) is 0 Å². The van der Waals surface area contributed by atoms with Gasteiger partial charge in [0.15, 0.2) is 0 Å². The van der Waals surface area contributed by atoms with E-state index in [0.29, 0.717) is 0 Å². The maximum absolute atomic E-state index is 11.6. The normalized spacial score (nSPS) is 17.0. The molecule has 1 fully saturated rings. The van der Waals surface area contributed by atoms with Crippen molar-refractivity contribution < 1.29 is 4.79 Å². The molecule has 0 aromatic carbocycles. The monoisotopic (exact) mass is 303 g/mol. The van der Waals surface area contributed by atoms with Gasteiger partial charge in [0.25, 0.3) is 0 Å². The van der Waals surface area contributed by atoms with Crippen LogP contribution in [0.1, 0.15) is 64.2 Å². The first-order valence-electron chi connectivity index (χ1n) is 7.15. The Hall–Kier alpha value is -0.0500. The quantitative estimate of drug-likeness (QED) is 0.532. The van der Waals surface area contributed by atoms with E-state index in [1.165, 1.54) is 44.9 Å². The fraction of sp³-hybridized carbons (Fsp3) is 0.929. The van der Waals surface area contributed by atoms with Gasteiger partial charge in [0.2, 0.25) is 5.91 Å². The highest BCUT2D eigenvalue weighted by Crippen LogP contribution is 2.27. The summed E-state index contributed by atoms with van der Waals surface area (Å²) in [5.41, 5.74) is 0. The zero-order valence-electron chi connectivity index (χ0n) is 10.8. The third kappa shape index (κ3) is 7.80. The van der Waals surface area contributed by atoms with E-state index < -0.39 is 0 Å². The lowest BCUT2D eigenvalue weighted by molar-refractivity contribution is -0.121. The Morgan fingerprint density at radius 3 is 2.59 bits per heavy atom. The van der Waals surface area contributed by atoms with Gasteiger partial charge in [-0.25, -0.2) is 0 Å². The molecule has 17 heavy (non-hydrogen) atoms. The molecule has 0 saturated heterocycles. The van der Waals surface area contributed by atoms with Crippen LogP contribution >= 0.6 is 15.9 Å². The number of amides is 1. The molecular formula is C14H26BrNO. The molecule has 1 N–H and O–H groups in total. The minimum Gasteiger partial charge on any atom is -0.356 e. The van der Waals surface area contributed by atoms with Gasteiger partial charge in [0.1, 0.15) is 0 Å². The lowest BCUT2D eigenvalue weighted by atomic mass is 9.86. The number of carbonyl (C=O) groups excluding carboxylic acids is 1. The smallest absolute Gasteiger partial charge is 0.220 e. The highest BCUT2D eigenvalue weighted by atomic mass is 79.9. The van der Waals surface area contributed by atoms with Gasteiger partial charge in [-0.3, -0.25) is 4.79 Å². The van der Waals surface area contributed by atoms with Gasteiger partial charge in [-0.1, -0.05) is 54.5 Å². The second-order valence-electron chi connectivity index (χ2n) is 5.14. The molecule has 0 radical (unpaired) electrons. The number of halogens is 1. The summed E-state index contributed by atoms with van der Waals surface area (Å²) in [6.07, 6.45) is 12.2. The van der Waals surface area contributed by atoms with Crippen LogP contribution in [0.4, 0.5) is 0 Å². The van der Waals surface area contributed by atoms with E-state index >= 15 is 0 Å². The van der Waals surface area contributed by atoms with Crippen LogP contribution in [0.3, 0.4) is 0 Å². The van der Waals surface area contributed by atoms with Crippen molar-refractivity contribution in [2.24, 2.45) is 5.92 Å². The molecule has 1 amide bonds. The lowest BCUT2D eigenvalue weighted by Crippen LogP contribution is -2.25. The molecule has 1 saturated carbocycles. The van der Waals surface area contributed by atoms with E-state index in [-0.39, 0.29) is 5.91 Å². The van der Waals surface area contributed by atoms with Crippen LogP contribution in [0.2, 0.25) is 0 Å². The maximum atomic E-state index is 11.6. The van der Waals surface area contributed by atoms with Gasteiger partial charge in [-0.2, -0.15) is 0 Å².